The van der Waals surface area contributed by atoms with Crippen LogP contribution in [0.3, 0.4) is 0 Å². The van der Waals surface area contributed by atoms with Crippen LogP contribution in [0.2, 0.25) is 0 Å². The first-order chi connectivity index (χ1) is 15.0. The average Bonchev–Trinajstić information content (AvgIpc) is 2.78. The SMILES string of the molecule is COc1ccccc1C(=O)Nc1ccc2nc(N3CCN(C)CC3)cc(C(=O)O)c2c1. The number of hydrogen-bond donors (Lipinski definition) is 2. The van der Waals surface area contributed by atoms with Crippen LogP contribution in [-0.2, 0) is 0 Å². The van der Waals surface area contributed by atoms with Crippen LogP contribution in [0.4, 0.5) is 11.5 Å². The third-order valence-electron chi connectivity index (χ3n) is 5.46. The highest BCUT2D eigenvalue weighted by Crippen LogP contribution is 2.27. The molecule has 0 radical (unpaired) electrons. The van der Waals surface area contributed by atoms with E-state index >= 15 is 0 Å². The average molecular weight is 420 g/mol. The van der Waals surface area contributed by atoms with Crippen molar-refractivity contribution in [2.24, 2.45) is 0 Å². The topological polar surface area (TPSA) is 95.0 Å². The smallest absolute Gasteiger partial charge is 0.336 e. The lowest BCUT2D eigenvalue weighted by molar-refractivity contribution is 0.0698. The second-order valence-electron chi connectivity index (χ2n) is 7.51. The Kier molecular flexibility index (Phi) is 5.73. The van der Waals surface area contributed by atoms with Gasteiger partial charge in [-0.3, -0.25) is 4.79 Å². The second-order valence-corrected chi connectivity index (χ2v) is 7.51. The Bertz CT molecular complexity index is 1140. The molecule has 0 atom stereocenters. The fraction of sp³-hybridized carbons (Fsp3) is 0.261. The molecule has 1 amide bonds. The maximum atomic E-state index is 12.7. The van der Waals surface area contributed by atoms with Crippen LogP contribution in [-0.4, -0.2) is 67.2 Å². The van der Waals surface area contributed by atoms with Crippen molar-refractivity contribution >= 4 is 34.3 Å². The molecule has 2 N–H and O–H groups in total. The molecule has 1 aliphatic rings. The van der Waals surface area contributed by atoms with E-state index in [4.69, 9.17) is 4.74 Å². The van der Waals surface area contributed by atoms with E-state index in [1.807, 2.05) is 0 Å². The van der Waals surface area contributed by atoms with Gasteiger partial charge in [0.2, 0.25) is 0 Å². The molecule has 3 aromatic rings. The summed E-state index contributed by atoms with van der Waals surface area (Å²) in [5.41, 5.74) is 1.61. The molecule has 8 heteroatoms. The van der Waals surface area contributed by atoms with Crippen molar-refractivity contribution in [3.8, 4) is 5.75 Å². The highest BCUT2D eigenvalue weighted by atomic mass is 16.5. The summed E-state index contributed by atoms with van der Waals surface area (Å²) in [4.78, 5) is 33.7. The number of anilines is 2. The third-order valence-corrected chi connectivity index (χ3v) is 5.46. The molecule has 4 rings (SSSR count). The van der Waals surface area contributed by atoms with Gasteiger partial charge in [0.25, 0.3) is 5.91 Å². The van der Waals surface area contributed by atoms with E-state index in [9.17, 15) is 14.7 Å². The van der Waals surface area contributed by atoms with Crippen LogP contribution in [0, 0.1) is 0 Å². The molecule has 160 valence electrons. The fourth-order valence-corrected chi connectivity index (χ4v) is 3.69. The minimum Gasteiger partial charge on any atom is -0.496 e. The van der Waals surface area contributed by atoms with Crippen molar-refractivity contribution in [1.82, 2.24) is 9.88 Å². The Morgan fingerprint density at radius 1 is 1.03 bits per heavy atom. The zero-order valence-electron chi connectivity index (χ0n) is 17.5. The van der Waals surface area contributed by atoms with Gasteiger partial charge in [0.05, 0.1) is 23.8 Å². The van der Waals surface area contributed by atoms with Gasteiger partial charge in [-0.15, -0.1) is 0 Å². The summed E-state index contributed by atoms with van der Waals surface area (Å²) in [5, 5.41) is 13.1. The molecule has 2 heterocycles. The van der Waals surface area contributed by atoms with E-state index in [2.05, 4.69) is 27.1 Å². The number of hydrogen-bond acceptors (Lipinski definition) is 6. The predicted molar refractivity (Wildman–Crippen MR) is 119 cm³/mol. The number of nitrogens with one attached hydrogen (secondary N) is 1. The van der Waals surface area contributed by atoms with Crippen LogP contribution in [0.25, 0.3) is 10.9 Å². The monoisotopic (exact) mass is 420 g/mol. The van der Waals surface area contributed by atoms with Crippen LogP contribution in [0.1, 0.15) is 20.7 Å². The van der Waals surface area contributed by atoms with Crippen molar-refractivity contribution in [1.29, 1.82) is 0 Å². The van der Waals surface area contributed by atoms with E-state index in [0.717, 1.165) is 26.2 Å². The summed E-state index contributed by atoms with van der Waals surface area (Å²) in [6.07, 6.45) is 0. The van der Waals surface area contributed by atoms with Gasteiger partial charge in [-0.25, -0.2) is 9.78 Å². The maximum Gasteiger partial charge on any atom is 0.336 e. The van der Waals surface area contributed by atoms with Gasteiger partial charge in [-0.05, 0) is 43.4 Å². The number of pyridine rings is 1. The predicted octanol–water partition coefficient (Wildman–Crippen LogP) is 2.95. The largest absolute Gasteiger partial charge is 0.496 e. The number of carbonyl (C=O) groups is 2. The fourth-order valence-electron chi connectivity index (χ4n) is 3.69. The van der Waals surface area contributed by atoms with Gasteiger partial charge in [0, 0.05) is 37.3 Å². The first kappa shape index (κ1) is 20.6. The molecule has 1 aliphatic heterocycles. The molecule has 1 fully saturated rings. The van der Waals surface area contributed by atoms with Crippen molar-refractivity contribution in [3.05, 3.63) is 59.7 Å². The summed E-state index contributed by atoms with van der Waals surface area (Å²) < 4.78 is 5.25. The number of carboxylic acid groups (broad SMARTS) is 1. The number of fused-ring (bicyclic) bond motifs is 1. The second kappa shape index (κ2) is 8.61. The molecule has 0 aliphatic carbocycles. The number of aromatic carboxylic acids is 1. The minimum absolute atomic E-state index is 0.160. The van der Waals surface area contributed by atoms with E-state index in [0.29, 0.717) is 33.7 Å². The summed E-state index contributed by atoms with van der Waals surface area (Å²) >= 11 is 0. The number of amides is 1. The molecule has 8 nitrogen and oxygen atoms in total. The van der Waals surface area contributed by atoms with Crippen LogP contribution < -0.4 is 15.0 Å². The molecular weight excluding hydrogens is 396 g/mol. The number of ether oxygens (including phenoxy) is 1. The zero-order chi connectivity index (χ0) is 22.0. The summed E-state index contributed by atoms with van der Waals surface area (Å²) in [6, 6.07) is 13.6. The number of nitrogens with zero attached hydrogens (tertiary/aromatic N) is 3. The molecular formula is C23H24N4O4. The standard InChI is InChI=1S/C23H24N4O4/c1-26-9-11-27(12-10-26)21-14-18(23(29)30)17-13-15(7-8-19(17)25-21)24-22(28)16-5-3-4-6-20(16)31-2/h3-8,13-14H,9-12H2,1-2H3,(H,24,28)(H,29,30). The van der Waals surface area contributed by atoms with Crippen LogP contribution in [0.15, 0.2) is 48.5 Å². The normalized spacial score (nSPS) is 14.5. The maximum absolute atomic E-state index is 12.7. The lowest BCUT2D eigenvalue weighted by Gasteiger charge is -2.33. The number of likely N-dealkylation sites (N-methyl/N-ethyl adjacent to an activating group) is 1. The summed E-state index contributed by atoms with van der Waals surface area (Å²) in [6.45, 7) is 3.38. The van der Waals surface area contributed by atoms with E-state index in [1.54, 1.807) is 48.5 Å². The number of para-hydroxylation sites is 1. The Balaban J connectivity index is 1.67. The van der Waals surface area contributed by atoms with Crippen molar-refractivity contribution < 1.29 is 19.4 Å². The van der Waals surface area contributed by atoms with E-state index < -0.39 is 5.97 Å². The first-order valence-corrected chi connectivity index (χ1v) is 10.0. The summed E-state index contributed by atoms with van der Waals surface area (Å²) in [5.74, 6) is -0.249. The third kappa shape index (κ3) is 4.29. The van der Waals surface area contributed by atoms with E-state index in [1.165, 1.54) is 7.11 Å². The molecule has 0 unspecified atom stereocenters. The zero-order valence-corrected chi connectivity index (χ0v) is 17.5. The molecule has 31 heavy (non-hydrogen) atoms. The number of benzene rings is 2. The number of carbonyl (C=O) groups excluding carboxylic acids is 1. The highest BCUT2D eigenvalue weighted by Gasteiger charge is 2.20. The molecule has 2 aromatic carbocycles. The molecule has 0 spiro atoms. The first-order valence-electron chi connectivity index (χ1n) is 10.0. The quantitative estimate of drug-likeness (QED) is 0.655. The van der Waals surface area contributed by atoms with Gasteiger partial charge in [0.15, 0.2) is 0 Å². The molecule has 0 bridgehead atoms. The molecule has 1 aromatic heterocycles. The molecule has 1 saturated heterocycles. The van der Waals surface area contributed by atoms with Crippen LogP contribution >= 0.6 is 0 Å². The van der Waals surface area contributed by atoms with Crippen molar-refractivity contribution in [3.63, 3.8) is 0 Å². The Morgan fingerprint density at radius 3 is 2.48 bits per heavy atom. The number of methoxy groups -OCH3 is 1. The number of piperazine rings is 1. The van der Waals surface area contributed by atoms with Gasteiger partial charge in [-0.1, -0.05) is 12.1 Å². The number of rotatable bonds is 5. The lowest BCUT2D eigenvalue weighted by Crippen LogP contribution is -2.44. The van der Waals surface area contributed by atoms with Crippen molar-refractivity contribution in [2.45, 2.75) is 0 Å². The van der Waals surface area contributed by atoms with Gasteiger partial charge >= 0.3 is 5.97 Å². The van der Waals surface area contributed by atoms with E-state index in [-0.39, 0.29) is 11.5 Å². The minimum atomic E-state index is -1.03. The lowest BCUT2D eigenvalue weighted by atomic mass is 10.1. The van der Waals surface area contributed by atoms with Crippen molar-refractivity contribution in [2.75, 3.05) is 50.6 Å². The molecule has 0 saturated carbocycles. The Morgan fingerprint density at radius 2 is 1.77 bits per heavy atom. The highest BCUT2D eigenvalue weighted by molar-refractivity contribution is 6.09. The van der Waals surface area contributed by atoms with Gasteiger partial charge < -0.3 is 25.0 Å². The number of carboxylic acids is 1. The Hall–Kier alpha value is -3.65. The number of aromatic nitrogens is 1. The van der Waals surface area contributed by atoms with Crippen LogP contribution in [0.5, 0.6) is 5.75 Å². The summed E-state index contributed by atoms with van der Waals surface area (Å²) in [7, 11) is 3.57. The van der Waals surface area contributed by atoms with Gasteiger partial charge in [-0.2, -0.15) is 0 Å². The van der Waals surface area contributed by atoms with Gasteiger partial charge in [0.1, 0.15) is 11.6 Å². The Labute approximate surface area is 180 Å².